The van der Waals surface area contributed by atoms with Crippen LogP contribution in [0.4, 0.5) is 11.4 Å². The average molecular weight is 382 g/mol. The second-order valence-corrected chi connectivity index (χ2v) is 5.40. The molecule has 8 nitrogen and oxygen atoms in total. The Hall–Kier alpha value is -3.94. The van der Waals surface area contributed by atoms with E-state index in [0.29, 0.717) is 22.1 Å². The molecule has 0 spiro atoms. The average Bonchev–Trinajstić information content (AvgIpc) is 2.70. The van der Waals surface area contributed by atoms with Crippen molar-refractivity contribution in [1.82, 2.24) is 0 Å². The van der Waals surface area contributed by atoms with Crippen molar-refractivity contribution in [3.8, 4) is 0 Å². The highest BCUT2D eigenvalue weighted by molar-refractivity contribution is 6.12. The van der Waals surface area contributed by atoms with Gasteiger partial charge in [-0.15, -0.1) is 0 Å². The molecule has 0 aliphatic carbocycles. The van der Waals surface area contributed by atoms with E-state index in [9.17, 15) is 19.2 Å². The molecule has 2 N–H and O–H groups in total. The van der Waals surface area contributed by atoms with Crippen LogP contribution in [0, 0.1) is 0 Å². The van der Waals surface area contributed by atoms with Crippen molar-refractivity contribution >= 4 is 45.9 Å². The zero-order valence-corrected chi connectivity index (χ0v) is 15.2. The van der Waals surface area contributed by atoms with Crippen LogP contribution in [-0.2, 0) is 28.7 Å². The van der Waals surface area contributed by atoms with Gasteiger partial charge in [-0.3, -0.25) is 9.59 Å². The van der Waals surface area contributed by atoms with Crippen molar-refractivity contribution in [2.24, 2.45) is 0 Å². The predicted molar refractivity (Wildman–Crippen MR) is 104 cm³/mol. The van der Waals surface area contributed by atoms with Crippen LogP contribution in [-0.4, -0.2) is 38.0 Å². The Bertz CT molecular complexity index is 899. The van der Waals surface area contributed by atoms with Crippen molar-refractivity contribution in [3.05, 3.63) is 60.7 Å². The lowest BCUT2D eigenvalue weighted by Gasteiger charge is -2.11. The quantitative estimate of drug-likeness (QED) is 0.585. The fraction of sp³-hybridized carbons (Fsp3) is 0.100. The minimum Gasteiger partial charge on any atom is -0.466 e. The standard InChI is InChI=1S/C20H18N2O6/c1-27-19(25)11-9-17(23)21-15-7-3-6-14-13(15)5-4-8-16(14)22-18(24)10-12-20(26)28-2/h3-12H,1-2H3,(H,21,23)(H,22,24)/b11-9-,12-10-. The van der Waals surface area contributed by atoms with Crippen LogP contribution in [0.3, 0.4) is 0 Å². The Morgan fingerprint density at radius 1 is 0.679 bits per heavy atom. The Balaban J connectivity index is 2.24. The SMILES string of the molecule is COC(=O)/C=C\C(=O)Nc1cccc2c(NC(=O)/C=C\C(=O)OC)cccc12. The molecule has 2 aromatic carbocycles. The molecule has 0 radical (unpaired) electrons. The fourth-order valence-electron chi connectivity index (χ4n) is 2.30. The molecule has 0 aromatic heterocycles. The number of carbonyl (C=O) groups excluding carboxylic acids is 4. The molecule has 0 bridgehead atoms. The Morgan fingerprint density at radius 3 is 1.43 bits per heavy atom. The number of amides is 2. The van der Waals surface area contributed by atoms with Gasteiger partial charge >= 0.3 is 11.9 Å². The summed E-state index contributed by atoms with van der Waals surface area (Å²) in [5.74, 6) is -2.29. The smallest absolute Gasteiger partial charge is 0.330 e. The van der Waals surface area contributed by atoms with Gasteiger partial charge < -0.3 is 20.1 Å². The summed E-state index contributed by atoms with van der Waals surface area (Å²) in [6.07, 6.45) is 4.15. The first-order valence-electron chi connectivity index (χ1n) is 8.10. The van der Waals surface area contributed by atoms with Gasteiger partial charge in [0, 0.05) is 46.5 Å². The normalized spacial score (nSPS) is 10.8. The first-order valence-corrected chi connectivity index (χ1v) is 8.10. The second-order valence-electron chi connectivity index (χ2n) is 5.40. The molecule has 0 aliphatic rings. The van der Waals surface area contributed by atoms with E-state index in [1.165, 1.54) is 14.2 Å². The number of esters is 2. The van der Waals surface area contributed by atoms with Crippen LogP contribution >= 0.6 is 0 Å². The van der Waals surface area contributed by atoms with Crippen molar-refractivity contribution < 1.29 is 28.7 Å². The number of hydrogen-bond acceptors (Lipinski definition) is 6. The van der Waals surface area contributed by atoms with E-state index < -0.39 is 23.8 Å². The number of methoxy groups -OCH3 is 2. The highest BCUT2D eigenvalue weighted by Crippen LogP contribution is 2.29. The third-order valence-electron chi connectivity index (χ3n) is 3.58. The molecule has 0 aliphatic heterocycles. The lowest BCUT2D eigenvalue weighted by atomic mass is 10.1. The molecule has 144 valence electrons. The lowest BCUT2D eigenvalue weighted by molar-refractivity contribution is -0.135. The van der Waals surface area contributed by atoms with E-state index in [4.69, 9.17) is 0 Å². The summed E-state index contributed by atoms with van der Waals surface area (Å²) in [5.41, 5.74) is 0.997. The second kappa shape index (κ2) is 9.67. The third kappa shape index (κ3) is 5.53. The highest BCUT2D eigenvalue weighted by Gasteiger charge is 2.08. The third-order valence-corrected chi connectivity index (χ3v) is 3.58. The van der Waals surface area contributed by atoms with E-state index in [1.54, 1.807) is 36.4 Å². The van der Waals surface area contributed by atoms with E-state index in [0.717, 1.165) is 24.3 Å². The van der Waals surface area contributed by atoms with Crippen molar-refractivity contribution in [1.29, 1.82) is 0 Å². The summed E-state index contributed by atoms with van der Waals surface area (Å²) in [6.45, 7) is 0. The van der Waals surface area contributed by atoms with Crippen molar-refractivity contribution in [3.63, 3.8) is 0 Å². The Morgan fingerprint density at radius 2 is 1.07 bits per heavy atom. The maximum atomic E-state index is 12.0. The predicted octanol–water partition coefficient (Wildman–Crippen LogP) is 2.18. The van der Waals surface area contributed by atoms with Crippen LogP contribution < -0.4 is 10.6 Å². The topological polar surface area (TPSA) is 111 Å². The minimum atomic E-state index is -0.641. The molecular formula is C20H18N2O6. The molecule has 0 unspecified atom stereocenters. The number of hydrogen-bond donors (Lipinski definition) is 2. The number of ether oxygens (including phenoxy) is 2. The molecule has 2 rings (SSSR count). The van der Waals surface area contributed by atoms with Gasteiger partial charge in [0.15, 0.2) is 0 Å². The molecule has 2 amide bonds. The summed E-state index contributed by atoms with van der Waals surface area (Å²) in [5, 5.41) is 6.70. The number of carbonyl (C=O) groups is 4. The zero-order valence-electron chi connectivity index (χ0n) is 15.2. The summed E-state index contributed by atoms with van der Waals surface area (Å²) in [7, 11) is 2.43. The number of nitrogens with one attached hydrogen (secondary N) is 2. The molecule has 0 heterocycles. The Kier molecular flexibility index (Phi) is 7.04. The lowest BCUT2D eigenvalue weighted by Crippen LogP contribution is -2.11. The first kappa shape index (κ1) is 20.4. The highest BCUT2D eigenvalue weighted by atomic mass is 16.5. The van der Waals surface area contributed by atoms with Gasteiger partial charge in [0.05, 0.1) is 14.2 Å². The zero-order chi connectivity index (χ0) is 20.5. The van der Waals surface area contributed by atoms with Gasteiger partial charge in [-0.1, -0.05) is 24.3 Å². The van der Waals surface area contributed by atoms with Crippen molar-refractivity contribution in [2.75, 3.05) is 24.9 Å². The summed E-state index contributed by atoms with van der Waals surface area (Å²) in [4.78, 5) is 46.1. The maximum absolute atomic E-state index is 12.0. The van der Waals surface area contributed by atoms with E-state index in [1.807, 2.05) is 0 Å². The summed E-state index contributed by atoms with van der Waals surface area (Å²) < 4.78 is 8.87. The number of benzene rings is 2. The molecular weight excluding hydrogens is 364 g/mol. The molecule has 0 saturated heterocycles. The summed E-state index contributed by atoms with van der Waals surface area (Å²) >= 11 is 0. The fourth-order valence-corrected chi connectivity index (χ4v) is 2.30. The molecule has 2 aromatic rings. The Labute approximate surface area is 160 Å². The summed E-state index contributed by atoms with van der Waals surface area (Å²) in [6, 6.07) is 10.3. The van der Waals surface area contributed by atoms with Gasteiger partial charge in [-0.25, -0.2) is 9.59 Å². The number of rotatable bonds is 6. The van der Waals surface area contributed by atoms with Gasteiger partial charge in [-0.2, -0.15) is 0 Å². The number of anilines is 2. The molecule has 0 atom stereocenters. The van der Waals surface area contributed by atoms with Crippen LogP contribution in [0.25, 0.3) is 10.8 Å². The molecule has 0 saturated carbocycles. The molecule has 28 heavy (non-hydrogen) atoms. The largest absolute Gasteiger partial charge is 0.466 e. The van der Waals surface area contributed by atoms with Crippen LogP contribution in [0.5, 0.6) is 0 Å². The maximum Gasteiger partial charge on any atom is 0.330 e. The van der Waals surface area contributed by atoms with Gasteiger partial charge in [-0.05, 0) is 12.1 Å². The van der Waals surface area contributed by atoms with Gasteiger partial charge in [0.1, 0.15) is 0 Å². The number of fused-ring (bicyclic) bond motifs is 1. The molecule has 8 heteroatoms. The van der Waals surface area contributed by atoms with E-state index in [-0.39, 0.29) is 0 Å². The van der Waals surface area contributed by atoms with E-state index in [2.05, 4.69) is 20.1 Å². The monoisotopic (exact) mass is 382 g/mol. The minimum absolute atomic E-state index is 0.498. The van der Waals surface area contributed by atoms with Crippen molar-refractivity contribution in [2.45, 2.75) is 0 Å². The van der Waals surface area contributed by atoms with Gasteiger partial charge in [0.2, 0.25) is 11.8 Å². The van der Waals surface area contributed by atoms with Crippen LogP contribution in [0.15, 0.2) is 60.7 Å². The first-order chi connectivity index (χ1) is 13.4. The van der Waals surface area contributed by atoms with Crippen LogP contribution in [0.1, 0.15) is 0 Å². The van der Waals surface area contributed by atoms with Gasteiger partial charge in [0.25, 0.3) is 0 Å². The molecule has 0 fully saturated rings. The van der Waals surface area contributed by atoms with E-state index >= 15 is 0 Å². The van der Waals surface area contributed by atoms with Crippen LogP contribution in [0.2, 0.25) is 0 Å².